The van der Waals surface area contributed by atoms with Crippen LogP contribution in [-0.2, 0) is 11.3 Å². The van der Waals surface area contributed by atoms with E-state index in [0.717, 1.165) is 33.3 Å². The lowest BCUT2D eigenvalue weighted by Gasteiger charge is -2.31. The van der Waals surface area contributed by atoms with Crippen molar-refractivity contribution in [2.75, 3.05) is 0 Å². The summed E-state index contributed by atoms with van der Waals surface area (Å²) in [6.45, 7) is 4.11. The second kappa shape index (κ2) is 9.13. The number of nitrogens with zero attached hydrogens (tertiary/aromatic N) is 1. The van der Waals surface area contributed by atoms with E-state index in [4.69, 9.17) is 4.42 Å². The number of rotatable bonds is 6. The molecule has 2 aromatic heterocycles. The third kappa shape index (κ3) is 3.91. The van der Waals surface area contributed by atoms with Crippen molar-refractivity contribution >= 4 is 22.7 Å². The maximum atomic E-state index is 13.8. The lowest BCUT2D eigenvalue weighted by atomic mass is 9.92. The van der Waals surface area contributed by atoms with E-state index in [0.29, 0.717) is 11.3 Å². The summed E-state index contributed by atoms with van der Waals surface area (Å²) in [5.74, 6) is 0.270. The van der Waals surface area contributed by atoms with E-state index in [1.165, 1.54) is 5.56 Å². The number of H-pyrrole nitrogens is 1. The third-order valence-corrected chi connectivity index (χ3v) is 7.17. The molecular formula is C31H27N3O3. The van der Waals surface area contributed by atoms with Gasteiger partial charge in [-0.2, -0.15) is 0 Å². The Balaban J connectivity index is 1.49. The molecule has 1 aliphatic heterocycles. The van der Waals surface area contributed by atoms with Gasteiger partial charge in [0, 0.05) is 22.0 Å². The standard InChI is InChI=1S/C31H27N3O3/c1-19-13-15-21(16-14-19)28-27(25-11-5-6-12-26(25)33-28)29-23-9-3-4-10-24(23)31(36)34(29)20(2)30(35)32-18-22-8-7-17-37-22/h3-17,20,29,33H,18H2,1-2H3,(H,32,35)/t20-,29+/m1/s1. The van der Waals surface area contributed by atoms with Crippen molar-refractivity contribution < 1.29 is 14.0 Å². The average Bonchev–Trinajstić information content (AvgIpc) is 3.64. The summed E-state index contributed by atoms with van der Waals surface area (Å²) in [4.78, 5) is 32.5. The maximum Gasteiger partial charge on any atom is 0.255 e. The van der Waals surface area contributed by atoms with E-state index in [9.17, 15) is 9.59 Å². The van der Waals surface area contributed by atoms with Crippen LogP contribution in [0.4, 0.5) is 0 Å². The van der Waals surface area contributed by atoms with E-state index < -0.39 is 12.1 Å². The number of carbonyl (C=O) groups is 2. The first kappa shape index (κ1) is 22.9. The summed E-state index contributed by atoms with van der Waals surface area (Å²) in [6.07, 6.45) is 1.57. The summed E-state index contributed by atoms with van der Waals surface area (Å²) in [6, 6.07) is 26.6. The number of amides is 2. The average molecular weight is 490 g/mol. The molecule has 1 aliphatic rings. The van der Waals surface area contributed by atoms with Gasteiger partial charge in [-0.05, 0) is 49.2 Å². The van der Waals surface area contributed by atoms with Crippen molar-refractivity contribution in [2.45, 2.75) is 32.5 Å². The van der Waals surface area contributed by atoms with Crippen molar-refractivity contribution in [3.05, 3.63) is 119 Å². The SMILES string of the molecule is Cc1ccc(-c2[nH]c3ccccc3c2[C@@H]2c3ccccc3C(=O)N2[C@H](C)C(=O)NCc2ccco2)cc1. The number of furan rings is 1. The van der Waals surface area contributed by atoms with Gasteiger partial charge in [-0.25, -0.2) is 0 Å². The van der Waals surface area contributed by atoms with Crippen molar-refractivity contribution in [1.29, 1.82) is 0 Å². The molecule has 6 nitrogen and oxygen atoms in total. The van der Waals surface area contributed by atoms with Crippen molar-refractivity contribution in [3.8, 4) is 11.3 Å². The zero-order valence-corrected chi connectivity index (χ0v) is 20.7. The monoisotopic (exact) mass is 489 g/mol. The predicted molar refractivity (Wildman–Crippen MR) is 143 cm³/mol. The van der Waals surface area contributed by atoms with E-state index in [-0.39, 0.29) is 18.4 Å². The molecule has 0 radical (unpaired) electrons. The van der Waals surface area contributed by atoms with Crippen molar-refractivity contribution in [1.82, 2.24) is 15.2 Å². The Hall–Kier alpha value is -4.58. The first-order valence-corrected chi connectivity index (χ1v) is 12.4. The minimum absolute atomic E-state index is 0.151. The summed E-state index contributed by atoms with van der Waals surface area (Å²) < 4.78 is 5.36. The zero-order chi connectivity index (χ0) is 25.5. The van der Waals surface area contributed by atoms with Crippen LogP contribution >= 0.6 is 0 Å². The maximum absolute atomic E-state index is 13.8. The van der Waals surface area contributed by atoms with Gasteiger partial charge < -0.3 is 19.6 Å². The van der Waals surface area contributed by atoms with E-state index >= 15 is 0 Å². The van der Waals surface area contributed by atoms with Gasteiger partial charge in [0.1, 0.15) is 11.8 Å². The Morgan fingerprint density at radius 1 is 1.00 bits per heavy atom. The van der Waals surface area contributed by atoms with Crippen molar-refractivity contribution in [2.24, 2.45) is 0 Å². The summed E-state index contributed by atoms with van der Waals surface area (Å²) in [5, 5.41) is 3.96. The highest BCUT2D eigenvalue weighted by Crippen LogP contribution is 2.46. The fourth-order valence-electron chi connectivity index (χ4n) is 5.29. The molecule has 0 aliphatic carbocycles. The molecular weight excluding hydrogens is 462 g/mol. The number of carbonyl (C=O) groups excluding carboxylic acids is 2. The van der Waals surface area contributed by atoms with Crippen LogP contribution in [0, 0.1) is 6.92 Å². The molecule has 184 valence electrons. The van der Waals surface area contributed by atoms with Crippen LogP contribution in [-0.4, -0.2) is 27.7 Å². The molecule has 2 atom stereocenters. The molecule has 0 fully saturated rings. The molecule has 37 heavy (non-hydrogen) atoms. The molecule has 0 saturated carbocycles. The Kier molecular flexibility index (Phi) is 5.64. The first-order chi connectivity index (χ1) is 18.0. The zero-order valence-electron chi connectivity index (χ0n) is 20.7. The number of aryl methyl sites for hydroxylation is 1. The number of aromatic amines is 1. The van der Waals surface area contributed by atoms with Gasteiger partial charge in [0.25, 0.3) is 5.91 Å². The number of aromatic nitrogens is 1. The topological polar surface area (TPSA) is 78.3 Å². The van der Waals surface area contributed by atoms with Gasteiger partial charge in [-0.1, -0.05) is 66.2 Å². The van der Waals surface area contributed by atoms with E-state index in [2.05, 4.69) is 47.6 Å². The minimum Gasteiger partial charge on any atom is -0.467 e. The second-order valence-corrected chi connectivity index (χ2v) is 9.50. The number of hydrogen-bond donors (Lipinski definition) is 2. The van der Waals surface area contributed by atoms with Gasteiger partial charge in [0.15, 0.2) is 0 Å². The molecule has 0 spiro atoms. The molecule has 0 unspecified atom stereocenters. The number of fused-ring (bicyclic) bond motifs is 2. The molecule has 0 saturated heterocycles. The highest BCUT2D eigenvalue weighted by atomic mass is 16.3. The summed E-state index contributed by atoms with van der Waals surface area (Å²) >= 11 is 0. The normalized spacial score (nSPS) is 15.7. The number of hydrogen-bond acceptors (Lipinski definition) is 3. The minimum atomic E-state index is -0.709. The fourth-order valence-corrected chi connectivity index (χ4v) is 5.29. The van der Waals surface area contributed by atoms with E-state index in [1.54, 1.807) is 24.2 Å². The molecule has 0 bridgehead atoms. The molecule has 3 heterocycles. The lowest BCUT2D eigenvalue weighted by molar-refractivity contribution is -0.125. The smallest absolute Gasteiger partial charge is 0.255 e. The van der Waals surface area contributed by atoms with Crippen LogP contribution in [0.1, 0.15) is 45.8 Å². The summed E-state index contributed by atoms with van der Waals surface area (Å²) in [5.41, 5.74) is 6.65. The Labute approximate surface area is 214 Å². The van der Waals surface area contributed by atoms with Crippen LogP contribution in [0.25, 0.3) is 22.2 Å². The van der Waals surface area contributed by atoms with Gasteiger partial charge in [0.2, 0.25) is 5.91 Å². The highest BCUT2D eigenvalue weighted by molar-refractivity contribution is 6.04. The summed E-state index contributed by atoms with van der Waals surface area (Å²) in [7, 11) is 0. The second-order valence-electron chi connectivity index (χ2n) is 9.50. The number of benzene rings is 3. The van der Waals surface area contributed by atoms with Gasteiger partial charge in [-0.15, -0.1) is 0 Å². The Morgan fingerprint density at radius 2 is 1.76 bits per heavy atom. The molecule has 5 aromatic rings. The van der Waals surface area contributed by atoms with Crippen molar-refractivity contribution in [3.63, 3.8) is 0 Å². The molecule has 6 heteroatoms. The van der Waals surface area contributed by atoms with Crippen LogP contribution in [0.2, 0.25) is 0 Å². The number of nitrogens with one attached hydrogen (secondary N) is 2. The molecule has 6 rings (SSSR count). The number of para-hydroxylation sites is 1. The van der Waals surface area contributed by atoms with Crippen LogP contribution in [0.5, 0.6) is 0 Å². The third-order valence-electron chi connectivity index (χ3n) is 7.17. The molecule has 3 aromatic carbocycles. The van der Waals surface area contributed by atoms with Gasteiger partial charge >= 0.3 is 0 Å². The molecule has 2 N–H and O–H groups in total. The predicted octanol–water partition coefficient (Wildman–Crippen LogP) is 5.99. The Morgan fingerprint density at radius 3 is 2.54 bits per heavy atom. The quantitative estimate of drug-likeness (QED) is 0.308. The molecule has 2 amide bonds. The van der Waals surface area contributed by atoms with Crippen LogP contribution < -0.4 is 5.32 Å². The van der Waals surface area contributed by atoms with Gasteiger partial charge in [-0.3, -0.25) is 9.59 Å². The largest absolute Gasteiger partial charge is 0.467 e. The van der Waals surface area contributed by atoms with E-state index in [1.807, 2.05) is 48.5 Å². The lowest BCUT2D eigenvalue weighted by Crippen LogP contribution is -2.46. The van der Waals surface area contributed by atoms with Crippen LogP contribution in [0.15, 0.2) is 95.6 Å². The van der Waals surface area contributed by atoms with Gasteiger partial charge in [0.05, 0.1) is 24.5 Å². The van der Waals surface area contributed by atoms with Crippen LogP contribution in [0.3, 0.4) is 0 Å². The highest BCUT2D eigenvalue weighted by Gasteiger charge is 2.44. The first-order valence-electron chi connectivity index (χ1n) is 12.4. The Bertz CT molecular complexity index is 1600. The fraction of sp³-hybridized carbons (Fsp3) is 0.161.